The van der Waals surface area contributed by atoms with Gasteiger partial charge in [-0.1, -0.05) is 164 Å². The molecule has 0 atom stereocenters. The molecule has 4 nitrogen and oxygen atoms in total. The fourth-order valence-electron chi connectivity index (χ4n) is 10.7. The van der Waals surface area contributed by atoms with Crippen molar-refractivity contribution in [2.24, 2.45) is 0 Å². The second-order valence-corrected chi connectivity index (χ2v) is 17.6. The molecule has 3 heterocycles. The molecule has 14 aromatic rings. The van der Waals surface area contributed by atoms with Crippen molar-refractivity contribution in [2.75, 3.05) is 4.90 Å². The maximum absolute atomic E-state index is 7.00. The second-order valence-electron chi connectivity index (χ2n) is 17.6. The highest BCUT2D eigenvalue weighted by Crippen LogP contribution is 2.50. The van der Waals surface area contributed by atoms with Gasteiger partial charge in [-0.3, -0.25) is 0 Å². The van der Waals surface area contributed by atoms with Crippen molar-refractivity contribution in [1.82, 2.24) is 4.57 Å². The Morgan fingerprint density at radius 2 is 0.897 bits per heavy atom. The van der Waals surface area contributed by atoms with E-state index in [-0.39, 0.29) is 0 Å². The summed E-state index contributed by atoms with van der Waals surface area (Å²) in [7, 11) is 0. The summed E-state index contributed by atoms with van der Waals surface area (Å²) in [6.07, 6.45) is 0. The first kappa shape index (κ1) is 38.2. The number of hydrogen-bond acceptors (Lipinski definition) is 3. The van der Waals surface area contributed by atoms with Crippen molar-refractivity contribution in [3.63, 3.8) is 0 Å². The Hall–Kier alpha value is -9.12. The van der Waals surface area contributed by atoms with Gasteiger partial charge in [-0.2, -0.15) is 0 Å². The molecule has 0 fully saturated rings. The molecule has 0 bridgehead atoms. The molecule has 0 N–H and O–H groups in total. The van der Waals surface area contributed by atoms with E-state index in [1.165, 1.54) is 38.1 Å². The number of anilines is 3. The summed E-state index contributed by atoms with van der Waals surface area (Å²) in [6, 6.07) is 86.9. The third-order valence-electron chi connectivity index (χ3n) is 13.8. The molecule has 0 saturated carbocycles. The van der Waals surface area contributed by atoms with Gasteiger partial charge in [0.25, 0.3) is 0 Å². The van der Waals surface area contributed by atoms with E-state index in [0.29, 0.717) is 0 Å². The SMILES string of the molecule is c1ccc(N(c2ccc(-c3ccc4ccccc4c3)cc2)c2ccc(-c3ccc(-n4c5ccccc5c5ccccc54)cc3)c3oc4ccccc4c23)c(-c2cccc3oc4ccccc4c23)c1. The maximum atomic E-state index is 7.00. The highest BCUT2D eigenvalue weighted by Gasteiger charge is 2.25. The summed E-state index contributed by atoms with van der Waals surface area (Å²) < 4.78 is 15.8. The van der Waals surface area contributed by atoms with Crippen LogP contribution in [0.1, 0.15) is 0 Å². The number of benzene rings is 11. The average molecular weight is 869 g/mol. The molecule has 0 amide bonds. The molecular weight excluding hydrogens is 829 g/mol. The Balaban J connectivity index is 0.974. The van der Waals surface area contributed by atoms with Crippen molar-refractivity contribution in [2.45, 2.75) is 0 Å². The smallest absolute Gasteiger partial charge is 0.145 e. The lowest BCUT2D eigenvalue weighted by Gasteiger charge is -2.29. The predicted molar refractivity (Wildman–Crippen MR) is 284 cm³/mol. The first-order chi connectivity index (χ1) is 33.7. The van der Waals surface area contributed by atoms with E-state index in [1.807, 2.05) is 6.07 Å². The van der Waals surface area contributed by atoms with Crippen molar-refractivity contribution < 1.29 is 8.83 Å². The van der Waals surface area contributed by atoms with E-state index in [9.17, 15) is 0 Å². The summed E-state index contributed by atoms with van der Waals surface area (Å²) >= 11 is 0. The van der Waals surface area contributed by atoms with Crippen molar-refractivity contribution >= 4 is 93.5 Å². The van der Waals surface area contributed by atoms with Crippen LogP contribution < -0.4 is 4.90 Å². The predicted octanol–water partition coefficient (Wildman–Crippen LogP) is 18.2. The lowest BCUT2D eigenvalue weighted by Crippen LogP contribution is -2.12. The lowest BCUT2D eigenvalue weighted by molar-refractivity contribution is 0.669. The van der Waals surface area contributed by atoms with Crippen LogP contribution in [0.25, 0.3) is 116 Å². The van der Waals surface area contributed by atoms with Gasteiger partial charge in [0.2, 0.25) is 0 Å². The van der Waals surface area contributed by atoms with E-state index in [2.05, 4.69) is 246 Å². The summed E-state index contributed by atoms with van der Waals surface area (Å²) in [5, 5.41) is 9.24. The molecule has 0 aliphatic heterocycles. The molecule has 14 rings (SSSR count). The minimum Gasteiger partial charge on any atom is -0.456 e. The number of aromatic nitrogens is 1. The first-order valence-corrected chi connectivity index (χ1v) is 23.2. The van der Waals surface area contributed by atoms with Crippen molar-refractivity contribution in [3.05, 3.63) is 243 Å². The van der Waals surface area contributed by atoms with Gasteiger partial charge in [0.15, 0.2) is 0 Å². The van der Waals surface area contributed by atoms with Crippen LogP contribution in [0.3, 0.4) is 0 Å². The largest absolute Gasteiger partial charge is 0.456 e. The van der Waals surface area contributed by atoms with E-state index in [1.54, 1.807) is 0 Å². The van der Waals surface area contributed by atoms with Gasteiger partial charge in [-0.25, -0.2) is 0 Å². The Kier molecular flexibility index (Phi) is 8.55. The standard InChI is InChI=1S/C64H40N2O2/c1-2-15-44-40-45(29-28-41(44)14-1)42-30-34-47(35-31-42)66(57-24-10-5-18-51(57)52-21-13-27-61-62(52)53-19-6-11-25-59(53)67-61)58-39-38-48(64-63(58)54-20-7-12-26-60(54)68-64)43-32-36-46(37-33-43)65-55-22-8-3-16-49(55)50-17-4-9-23-56(50)65/h1-40H. The fourth-order valence-corrected chi connectivity index (χ4v) is 10.7. The molecule has 0 unspecified atom stereocenters. The third kappa shape index (κ3) is 5.94. The van der Waals surface area contributed by atoms with Crippen LogP contribution in [0.15, 0.2) is 251 Å². The van der Waals surface area contributed by atoms with E-state index >= 15 is 0 Å². The molecule has 68 heavy (non-hydrogen) atoms. The fraction of sp³-hybridized carbons (Fsp3) is 0. The highest BCUT2D eigenvalue weighted by atomic mass is 16.3. The maximum Gasteiger partial charge on any atom is 0.145 e. The molecule has 0 aliphatic carbocycles. The van der Waals surface area contributed by atoms with E-state index in [4.69, 9.17) is 8.83 Å². The number of hydrogen-bond donors (Lipinski definition) is 0. The average Bonchev–Trinajstić information content (AvgIpc) is 4.10. The van der Waals surface area contributed by atoms with Crippen LogP contribution in [0.2, 0.25) is 0 Å². The number of para-hydroxylation sites is 5. The van der Waals surface area contributed by atoms with Gasteiger partial charge in [-0.15, -0.1) is 0 Å². The van der Waals surface area contributed by atoms with Gasteiger partial charge >= 0.3 is 0 Å². The summed E-state index contributed by atoms with van der Waals surface area (Å²) in [4.78, 5) is 2.42. The Morgan fingerprint density at radius 3 is 1.66 bits per heavy atom. The minimum absolute atomic E-state index is 0.839. The van der Waals surface area contributed by atoms with Gasteiger partial charge in [0, 0.05) is 49.4 Å². The van der Waals surface area contributed by atoms with Crippen LogP contribution >= 0.6 is 0 Å². The minimum atomic E-state index is 0.839. The second kappa shape index (κ2) is 15.2. The van der Waals surface area contributed by atoms with E-state index in [0.717, 1.165) is 94.4 Å². The number of furan rings is 2. The number of rotatable bonds is 7. The Labute approximate surface area is 391 Å². The zero-order chi connectivity index (χ0) is 44.7. The monoisotopic (exact) mass is 868 g/mol. The van der Waals surface area contributed by atoms with Crippen LogP contribution in [0.4, 0.5) is 17.1 Å². The highest BCUT2D eigenvalue weighted by molar-refractivity contribution is 6.19. The number of fused-ring (bicyclic) bond motifs is 10. The van der Waals surface area contributed by atoms with Gasteiger partial charge in [0.05, 0.1) is 27.8 Å². The normalized spacial score (nSPS) is 11.8. The summed E-state index contributed by atoms with van der Waals surface area (Å²) in [6.45, 7) is 0. The van der Waals surface area contributed by atoms with Gasteiger partial charge in [0.1, 0.15) is 22.3 Å². The Morgan fingerprint density at radius 1 is 0.324 bits per heavy atom. The zero-order valence-corrected chi connectivity index (χ0v) is 36.8. The van der Waals surface area contributed by atoms with Crippen molar-refractivity contribution in [1.29, 1.82) is 0 Å². The lowest BCUT2D eigenvalue weighted by atomic mass is 9.95. The molecule has 4 heteroatoms. The third-order valence-corrected chi connectivity index (χ3v) is 13.8. The zero-order valence-electron chi connectivity index (χ0n) is 36.8. The molecule has 318 valence electrons. The Bertz CT molecular complexity index is 4210. The summed E-state index contributed by atoms with van der Waals surface area (Å²) in [5.74, 6) is 0. The molecule has 0 saturated heterocycles. The van der Waals surface area contributed by atoms with Crippen LogP contribution in [0, 0.1) is 0 Å². The molecule has 11 aromatic carbocycles. The molecule has 3 aromatic heterocycles. The molecule has 0 radical (unpaired) electrons. The number of nitrogens with zero attached hydrogens (tertiary/aromatic N) is 2. The van der Waals surface area contributed by atoms with Crippen LogP contribution in [0.5, 0.6) is 0 Å². The topological polar surface area (TPSA) is 34.5 Å². The van der Waals surface area contributed by atoms with Crippen LogP contribution in [-0.4, -0.2) is 4.57 Å². The van der Waals surface area contributed by atoms with Gasteiger partial charge in [-0.05, 0) is 112 Å². The van der Waals surface area contributed by atoms with Crippen LogP contribution in [-0.2, 0) is 0 Å². The molecular formula is C64H40N2O2. The summed E-state index contributed by atoms with van der Waals surface area (Å²) in [5.41, 5.74) is 16.6. The quantitative estimate of drug-likeness (QED) is 0.160. The molecule has 0 spiro atoms. The first-order valence-electron chi connectivity index (χ1n) is 23.2. The van der Waals surface area contributed by atoms with E-state index < -0.39 is 0 Å². The van der Waals surface area contributed by atoms with Crippen molar-refractivity contribution in [3.8, 4) is 39.1 Å². The molecule has 0 aliphatic rings. The van der Waals surface area contributed by atoms with Gasteiger partial charge < -0.3 is 18.3 Å².